The van der Waals surface area contributed by atoms with E-state index >= 15 is 0 Å². The van der Waals surface area contributed by atoms with Crippen molar-refractivity contribution in [2.45, 2.75) is 32.5 Å². The molecule has 2 N–H and O–H groups in total. The number of rotatable bonds is 7. The van der Waals surface area contributed by atoms with Crippen molar-refractivity contribution in [3.8, 4) is 28.1 Å². The Kier molecular flexibility index (Phi) is 7.25. The van der Waals surface area contributed by atoms with Crippen LogP contribution in [-0.2, 0) is 11.2 Å². The fourth-order valence-electron chi connectivity index (χ4n) is 4.68. The number of amides is 2. The molecule has 0 spiro atoms. The largest absolute Gasteiger partial charge is 0.484 e. The number of ether oxygens (including phenoxy) is 1. The van der Waals surface area contributed by atoms with Gasteiger partial charge in [-0.15, -0.1) is 0 Å². The second-order valence-corrected chi connectivity index (χ2v) is 9.48. The molecule has 0 fully saturated rings. The maximum absolute atomic E-state index is 13.3. The number of benzene rings is 3. The van der Waals surface area contributed by atoms with Crippen molar-refractivity contribution in [2.75, 3.05) is 11.9 Å². The summed E-state index contributed by atoms with van der Waals surface area (Å²) in [5.41, 5.74) is 6.55. The van der Waals surface area contributed by atoms with Crippen molar-refractivity contribution < 1.29 is 27.5 Å². The molecular formula is C30H25F3N4O3. The molecule has 0 saturated heterocycles. The molecule has 0 saturated carbocycles. The Labute approximate surface area is 228 Å². The minimum Gasteiger partial charge on any atom is -0.484 e. The zero-order chi connectivity index (χ0) is 28.4. The van der Waals surface area contributed by atoms with Crippen molar-refractivity contribution in [1.29, 1.82) is 0 Å². The van der Waals surface area contributed by atoms with E-state index in [1.807, 2.05) is 24.3 Å². The molecule has 1 atom stereocenters. The Morgan fingerprint density at radius 2 is 1.65 bits per heavy atom. The van der Waals surface area contributed by atoms with Gasteiger partial charge in [-0.05, 0) is 59.4 Å². The first-order valence-electron chi connectivity index (χ1n) is 12.5. The van der Waals surface area contributed by atoms with Gasteiger partial charge in [0.15, 0.2) is 6.61 Å². The SMILES string of the molecule is CC(=O)Nc1nc(C(=O)NC(C)c2ccc(OCC(F)(F)F)cc2)cc(-c2cccc3c2Cc2ccccc2-3)n1. The highest BCUT2D eigenvalue weighted by Crippen LogP contribution is 2.41. The first-order chi connectivity index (χ1) is 19.1. The molecule has 0 bridgehead atoms. The first-order valence-corrected chi connectivity index (χ1v) is 12.5. The third-order valence-corrected chi connectivity index (χ3v) is 6.50. The fraction of sp³-hybridized carbons (Fsp3) is 0.200. The molecular weight excluding hydrogens is 521 g/mol. The first kappa shape index (κ1) is 26.9. The number of carbonyl (C=O) groups is 2. The molecule has 1 aromatic heterocycles. The summed E-state index contributed by atoms with van der Waals surface area (Å²) in [6.07, 6.45) is -3.72. The Bertz CT molecular complexity index is 1590. The molecule has 0 radical (unpaired) electrons. The number of carbonyl (C=O) groups excluding carboxylic acids is 2. The molecule has 0 aliphatic heterocycles. The van der Waals surface area contributed by atoms with Gasteiger partial charge in [0.2, 0.25) is 11.9 Å². The van der Waals surface area contributed by atoms with Gasteiger partial charge in [-0.3, -0.25) is 14.9 Å². The fourth-order valence-corrected chi connectivity index (χ4v) is 4.68. The van der Waals surface area contributed by atoms with Crippen LogP contribution in [0.2, 0.25) is 0 Å². The maximum Gasteiger partial charge on any atom is 0.422 e. The van der Waals surface area contributed by atoms with Gasteiger partial charge >= 0.3 is 6.18 Å². The molecule has 4 aromatic rings. The summed E-state index contributed by atoms with van der Waals surface area (Å²) in [7, 11) is 0. The van der Waals surface area contributed by atoms with Crippen molar-refractivity contribution in [3.63, 3.8) is 0 Å². The van der Waals surface area contributed by atoms with Crippen LogP contribution in [0.15, 0.2) is 72.8 Å². The van der Waals surface area contributed by atoms with E-state index in [0.717, 1.165) is 22.3 Å². The van der Waals surface area contributed by atoms with E-state index in [-0.39, 0.29) is 23.3 Å². The number of anilines is 1. The third kappa shape index (κ3) is 5.96. The summed E-state index contributed by atoms with van der Waals surface area (Å²) >= 11 is 0. The molecule has 1 unspecified atom stereocenters. The van der Waals surface area contributed by atoms with Crippen molar-refractivity contribution in [1.82, 2.24) is 15.3 Å². The highest BCUT2D eigenvalue weighted by atomic mass is 19.4. The van der Waals surface area contributed by atoms with Crippen LogP contribution < -0.4 is 15.4 Å². The topological polar surface area (TPSA) is 93.2 Å². The quantitative estimate of drug-likeness (QED) is 0.257. The zero-order valence-electron chi connectivity index (χ0n) is 21.7. The average Bonchev–Trinajstić information content (AvgIpc) is 3.30. The number of nitrogens with zero attached hydrogens (tertiary/aromatic N) is 2. The van der Waals surface area contributed by atoms with E-state index < -0.39 is 24.7 Å². The Balaban J connectivity index is 1.40. The predicted molar refractivity (Wildman–Crippen MR) is 144 cm³/mol. The molecule has 3 aromatic carbocycles. The minimum atomic E-state index is -4.43. The number of alkyl halides is 3. The summed E-state index contributed by atoms with van der Waals surface area (Å²) < 4.78 is 42.0. The lowest BCUT2D eigenvalue weighted by Gasteiger charge is -2.16. The third-order valence-electron chi connectivity index (χ3n) is 6.50. The van der Waals surface area contributed by atoms with Gasteiger partial charge in [-0.1, -0.05) is 54.6 Å². The van der Waals surface area contributed by atoms with Crippen LogP contribution in [0.1, 0.15) is 47.1 Å². The summed E-state index contributed by atoms with van der Waals surface area (Å²) in [5, 5.41) is 5.42. The van der Waals surface area contributed by atoms with Crippen molar-refractivity contribution in [2.24, 2.45) is 0 Å². The summed E-state index contributed by atoms with van der Waals surface area (Å²) in [4.78, 5) is 33.9. The minimum absolute atomic E-state index is 0.00193. The highest BCUT2D eigenvalue weighted by molar-refractivity contribution is 5.95. The molecule has 10 heteroatoms. The second-order valence-electron chi connectivity index (χ2n) is 9.48. The normalized spacial score (nSPS) is 12.7. The number of halogens is 3. The summed E-state index contributed by atoms with van der Waals surface area (Å²) in [5.74, 6) is -0.814. The molecule has 40 heavy (non-hydrogen) atoms. The zero-order valence-corrected chi connectivity index (χ0v) is 21.7. The van der Waals surface area contributed by atoms with Crippen LogP contribution in [0.5, 0.6) is 5.75 Å². The van der Waals surface area contributed by atoms with E-state index in [0.29, 0.717) is 17.7 Å². The number of hydrogen-bond donors (Lipinski definition) is 2. The lowest BCUT2D eigenvalue weighted by atomic mass is 9.98. The Hall–Kier alpha value is -4.73. The van der Waals surface area contributed by atoms with E-state index in [1.54, 1.807) is 25.1 Å². The number of hydrogen-bond acceptors (Lipinski definition) is 5. The lowest BCUT2D eigenvalue weighted by molar-refractivity contribution is -0.153. The van der Waals surface area contributed by atoms with E-state index in [1.165, 1.54) is 24.6 Å². The molecule has 1 aliphatic carbocycles. The molecule has 1 aliphatic rings. The van der Waals surface area contributed by atoms with Gasteiger partial charge in [-0.2, -0.15) is 13.2 Å². The van der Waals surface area contributed by atoms with Crippen LogP contribution in [0.25, 0.3) is 22.4 Å². The van der Waals surface area contributed by atoms with E-state index in [9.17, 15) is 22.8 Å². The number of aromatic nitrogens is 2. The van der Waals surface area contributed by atoms with Crippen molar-refractivity contribution in [3.05, 3.63) is 95.2 Å². The summed E-state index contributed by atoms with van der Waals surface area (Å²) in [6.45, 7) is 1.68. The van der Waals surface area contributed by atoms with Gasteiger partial charge in [0.05, 0.1) is 11.7 Å². The average molecular weight is 547 g/mol. The lowest BCUT2D eigenvalue weighted by Crippen LogP contribution is -2.28. The van der Waals surface area contributed by atoms with Crippen molar-refractivity contribution >= 4 is 17.8 Å². The van der Waals surface area contributed by atoms with Crippen LogP contribution in [-0.4, -0.2) is 34.6 Å². The van der Waals surface area contributed by atoms with Crippen LogP contribution in [0, 0.1) is 0 Å². The van der Waals surface area contributed by atoms with E-state index in [2.05, 4.69) is 38.8 Å². The van der Waals surface area contributed by atoms with Gasteiger partial charge in [0.25, 0.3) is 5.91 Å². The van der Waals surface area contributed by atoms with Crippen LogP contribution in [0.3, 0.4) is 0 Å². The van der Waals surface area contributed by atoms with Gasteiger partial charge in [0.1, 0.15) is 11.4 Å². The highest BCUT2D eigenvalue weighted by Gasteiger charge is 2.28. The molecule has 2 amide bonds. The van der Waals surface area contributed by atoms with Crippen LogP contribution >= 0.6 is 0 Å². The Morgan fingerprint density at radius 1 is 0.950 bits per heavy atom. The smallest absolute Gasteiger partial charge is 0.422 e. The van der Waals surface area contributed by atoms with Gasteiger partial charge in [0, 0.05) is 12.5 Å². The number of fused-ring (bicyclic) bond motifs is 3. The standard InChI is InChI=1S/C30H25F3N4O3/c1-17(19-10-12-21(13-11-19)40-16-30(31,32)33)34-28(39)27-15-26(36-29(37-27)35-18(2)38)24-9-5-8-23-22-7-4-3-6-20(22)14-25(23)24/h3-13,15,17H,14,16H2,1-2H3,(H,34,39)(H,35,36,37,38). The molecule has 204 valence electrons. The molecule has 5 rings (SSSR count). The second kappa shape index (κ2) is 10.8. The molecule has 1 heterocycles. The van der Waals surface area contributed by atoms with E-state index in [4.69, 9.17) is 4.74 Å². The van der Waals surface area contributed by atoms with Gasteiger partial charge < -0.3 is 10.1 Å². The number of nitrogens with one attached hydrogen (secondary N) is 2. The Morgan fingerprint density at radius 3 is 2.38 bits per heavy atom. The monoisotopic (exact) mass is 546 g/mol. The molecule has 7 nitrogen and oxygen atoms in total. The van der Waals surface area contributed by atoms with Gasteiger partial charge in [-0.25, -0.2) is 9.97 Å². The van der Waals surface area contributed by atoms with Crippen LogP contribution in [0.4, 0.5) is 19.1 Å². The maximum atomic E-state index is 13.3. The summed E-state index contributed by atoms with van der Waals surface area (Å²) in [6, 6.07) is 21.1. The predicted octanol–water partition coefficient (Wildman–Crippen LogP) is 6.11.